The van der Waals surface area contributed by atoms with Crippen LogP contribution in [0, 0.1) is 20.8 Å². The molecule has 0 fully saturated rings. The molecule has 0 bridgehead atoms. The van der Waals surface area contributed by atoms with Crippen LogP contribution < -0.4 is 15.4 Å². The van der Waals surface area contributed by atoms with E-state index >= 15 is 0 Å². The second kappa shape index (κ2) is 10.2. The van der Waals surface area contributed by atoms with Gasteiger partial charge in [-0.1, -0.05) is 19.1 Å². The highest BCUT2D eigenvalue weighted by Crippen LogP contribution is 2.22. The summed E-state index contributed by atoms with van der Waals surface area (Å²) in [6, 6.07) is 6.34. The number of hydrogen-bond acceptors (Lipinski definition) is 3. The summed E-state index contributed by atoms with van der Waals surface area (Å²) in [4.78, 5) is 4.34. The fraction of sp³-hybridized carbons (Fsp3) is 0.545. The third-order valence-corrected chi connectivity index (χ3v) is 5.12. The van der Waals surface area contributed by atoms with E-state index in [0.29, 0.717) is 6.54 Å². The summed E-state index contributed by atoms with van der Waals surface area (Å²) < 4.78 is 8.04. The van der Waals surface area contributed by atoms with E-state index in [0.717, 1.165) is 42.4 Å². The van der Waals surface area contributed by atoms with E-state index in [4.69, 9.17) is 4.74 Å². The summed E-state index contributed by atoms with van der Waals surface area (Å²) in [5.41, 5.74) is 5.94. The molecule has 2 aromatic rings. The summed E-state index contributed by atoms with van der Waals surface area (Å²) in [5, 5.41) is 11.3. The molecule has 1 heterocycles. The highest BCUT2D eigenvalue weighted by molar-refractivity contribution is 5.79. The number of rotatable bonds is 8. The Kier molecular flexibility index (Phi) is 7.91. The van der Waals surface area contributed by atoms with Gasteiger partial charge in [0.15, 0.2) is 5.96 Å². The highest BCUT2D eigenvalue weighted by atomic mass is 16.5. The van der Waals surface area contributed by atoms with E-state index in [1.54, 1.807) is 7.05 Å². The molecule has 1 aromatic heterocycles. The normalized spacial score (nSPS) is 12.8. The maximum Gasteiger partial charge on any atom is 0.191 e. The minimum atomic E-state index is 0.198. The first kappa shape index (κ1) is 21.8. The topological polar surface area (TPSA) is 63.5 Å². The van der Waals surface area contributed by atoms with Crippen molar-refractivity contribution in [3.05, 3.63) is 46.3 Å². The van der Waals surface area contributed by atoms with Gasteiger partial charge in [-0.15, -0.1) is 0 Å². The SMILES string of the molecule is CCC(C)Oc1cc(C)ccc1CNC(=NC)NCCc1c(C)nn(C)c1C. The zero-order valence-electron chi connectivity index (χ0n) is 18.4. The van der Waals surface area contributed by atoms with Crippen molar-refractivity contribution in [2.75, 3.05) is 13.6 Å². The second-order valence-corrected chi connectivity index (χ2v) is 7.32. The van der Waals surface area contributed by atoms with Crippen molar-refractivity contribution >= 4 is 5.96 Å². The lowest BCUT2D eigenvalue weighted by Crippen LogP contribution is -2.38. The Balaban J connectivity index is 1.93. The fourth-order valence-electron chi connectivity index (χ4n) is 3.10. The summed E-state index contributed by atoms with van der Waals surface area (Å²) in [5.74, 6) is 1.73. The number of aryl methyl sites for hydroxylation is 3. The number of aromatic nitrogens is 2. The van der Waals surface area contributed by atoms with Gasteiger partial charge in [0.25, 0.3) is 0 Å². The summed E-state index contributed by atoms with van der Waals surface area (Å²) in [6.45, 7) is 12.0. The van der Waals surface area contributed by atoms with Crippen LogP contribution in [0.5, 0.6) is 5.75 Å². The molecule has 0 aliphatic carbocycles. The van der Waals surface area contributed by atoms with Gasteiger partial charge in [-0.2, -0.15) is 5.10 Å². The largest absolute Gasteiger partial charge is 0.490 e. The second-order valence-electron chi connectivity index (χ2n) is 7.32. The lowest BCUT2D eigenvalue weighted by atomic mass is 10.1. The van der Waals surface area contributed by atoms with E-state index in [2.05, 4.69) is 73.5 Å². The zero-order valence-corrected chi connectivity index (χ0v) is 18.4. The minimum absolute atomic E-state index is 0.198. The Morgan fingerprint density at radius 3 is 2.61 bits per heavy atom. The van der Waals surface area contributed by atoms with Crippen LogP contribution in [-0.2, 0) is 20.0 Å². The van der Waals surface area contributed by atoms with Crippen LogP contribution in [0.2, 0.25) is 0 Å². The maximum absolute atomic E-state index is 6.10. The lowest BCUT2D eigenvalue weighted by Gasteiger charge is -2.18. The number of ether oxygens (including phenoxy) is 1. The average Bonchev–Trinajstić information content (AvgIpc) is 2.91. The van der Waals surface area contributed by atoms with Gasteiger partial charge in [-0.25, -0.2) is 0 Å². The van der Waals surface area contributed by atoms with Crippen molar-refractivity contribution in [3.63, 3.8) is 0 Å². The minimum Gasteiger partial charge on any atom is -0.490 e. The van der Waals surface area contributed by atoms with Gasteiger partial charge in [0.1, 0.15) is 5.75 Å². The van der Waals surface area contributed by atoms with Crippen LogP contribution in [0.3, 0.4) is 0 Å². The highest BCUT2D eigenvalue weighted by Gasteiger charge is 2.11. The molecule has 0 spiro atoms. The number of aliphatic imine (C=N–C) groups is 1. The van der Waals surface area contributed by atoms with Gasteiger partial charge < -0.3 is 15.4 Å². The van der Waals surface area contributed by atoms with Crippen LogP contribution in [-0.4, -0.2) is 35.4 Å². The van der Waals surface area contributed by atoms with Crippen molar-refractivity contribution in [2.24, 2.45) is 12.0 Å². The number of guanidine groups is 1. The first-order valence-electron chi connectivity index (χ1n) is 10.1. The Morgan fingerprint density at radius 2 is 2.00 bits per heavy atom. The number of nitrogens with one attached hydrogen (secondary N) is 2. The predicted octanol–water partition coefficient (Wildman–Crippen LogP) is 3.43. The summed E-state index contributed by atoms with van der Waals surface area (Å²) >= 11 is 0. The quantitative estimate of drug-likeness (QED) is 0.540. The fourth-order valence-corrected chi connectivity index (χ4v) is 3.10. The van der Waals surface area contributed by atoms with Crippen molar-refractivity contribution in [3.8, 4) is 5.75 Å². The average molecular weight is 386 g/mol. The molecule has 0 saturated heterocycles. The molecule has 1 unspecified atom stereocenters. The van der Waals surface area contributed by atoms with Gasteiger partial charge in [-0.05, 0) is 57.7 Å². The van der Waals surface area contributed by atoms with Crippen LogP contribution in [0.15, 0.2) is 23.2 Å². The van der Waals surface area contributed by atoms with Crippen molar-refractivity contribution < 1.29 is 4.74 Å². The van der Waals surface area contributed by atoms with Crippen LogP contribution in [0.1, 0.15) is 48.3 Å². The monoisotopic (exact) mass is 385 g/mol. The molecule has 1 aromatic carbocycles. The Morgan fingerprint density at radius 1 is 1.25 bits per heavy atom. The molecular weight excluding hydrogens is 350 g/mol. The Labute approximate surface area is 169 Å². The predicted molar refractivity (Wildman–Crippen MR) is 116 cm³/mol. The van der Waals surface area contributed by atoms with Gasteiger partial charge >= 0.3 is 0 Å². The molecule has 0 radical (unpaired) electrons. The molecule has 1 atom stereocenters. The number of benzene rings is 1. The molecular formula is C22H35N5O. The van der Waals surface area contributed by atoms with E-state index in [9.17, 15) is 0 Å². The van der Waals surface area contributed by atoms with E-state index in [-0.39, 0.29) is 6.10 Å². The molecule has 2 rings (SSSR count). The van der Waals surface area contributed by atoms with Crippen LogP contribution in [0.25, 0.3) is 0 Å². The summed E-state index contributed by atoms with van der Waals surface area (Å²) in [6.07, 6.45) is 2.10. The number of nitrogens with zero attached hydrogens (tertiary/aromatic N) is 3. The summed E-state index contributed by atoms with van der Waals surface area (Å²) in [7, 11) is 3.78. The van der Waals surface area contributed by atoms with Crippen LogP contribution in [0.4, 0.5) is 0 Å². The van der Waals surface area contributed by atoms with Crippen molar-refractivity contribution in [1.29, 1.82) is 0 Å². The third kappa shape index (κ3) is 5.75. The molecule has 28 heavy (non-hydrogen) atoms. The van der Waals surface area contributed by atoms with Crippen LogP contribution >= 0.6 is 0 Å². The molecule has 0 saturated carbocycles. The van der Waals surface area contributed by atoms with Gasteiger partial charge in [0, 0.05) is 38.4 Å². The Hall–Kier alpha value is -2.50. The molecule has 6 heteroatoms. The first-order valence-corrected chi connectivity index (χ1v) is 10.1. The van der Waals surface area contributed by atoms with Gasteiger partial charge in [-0.3, -0.25) is 9.67 Å². The first-order chi connectivity index (χ1) is 13.3. The smallest absolute Gasteiger partial charge is 0.191 e. The third-order valence-electron chi connectivity index (χ3n) is 5.12. The maximum atomic E-state index is 6.10. The molecule has 154 valence electrons. The van der Waals surface area contributed by atoms with Gasteiger partial charge in [0.2, 0.25) is 0 Å². The van der Waals surface area contributed by atoms with Crippen molar-refractivity contribution in [2.45, 2.75) is 60.1 Å². The molecule has 6 nitrogen and oxygen atoms in total. The lowest BCUT2D eigenvalue weighted by molar-refractivity contribution is 0.215. The van der Waals surface area contributed by atoms with Crippen molar-refractivity contribution in [1.82, 2.24) is 20.4 Å². The van der Waals surface area contributed by atoms with Gasteiger partial charge in [0.05, 0.1) is 11.8 Å². The number of hydrogen-bond donors (Lipinski definition) is 2. The van der Waals surface area contributed by atoms with E-state index in [1.165, 1.54) is 16.8 Å². The zero-order chi connectivity index (χ0) is 20.7. The molecule has 0 amide bonds. The Bertz CT molecular complexity index is 809. The molecule has 0 aliphatic rings. The molecule has 0 aliphatic heterocycles. The van der Waals surface area contributed by atoms with E-state index < -0.39 is 0 Å². The molecule has 2 N–H and O–H groups in total. The van der Waals surface area contributed by atoms with E-state index in [1.807, 2.05) is 11.7 Å². The standard InChI is InChI=1S/C22H35N5O/c1-8-16(3)28-21-13-15(2)9-10-19(21)14-25-22(23-6)24-12-11-20-17(4)26-27(7)18(20)5/h9-10,13,16H,8,11-12,14H2,1-7H3,(H2,23,24,25).